The van der Waals surface area contributed by atoms with Crippen LogP contribution >= 0.6 is 23.5 Å². The highest BCUT2D eigenvalue weighted by molar-refractivity contribution is 8.08. The van der Waals surface area contributed by atoms with Crippen molar-refractivity contribution in [1.29, 1.82) is 0 Å². The summed E-state index contributed by atoms with van der Waals surface area (Å²) < 4.78 is 0. The fourth-order valence-electron chi connectivity index (χ4n) is 0.701. The van der Waals surface area contributed by atoms with Gasteiger partial charge in [0.15, 0.2) is 0 Å². The Balaban J connectivity index is 1.69. The van der Waals surface area contributed by atoms with Crippen molar-refractivity contribution in [2.45, 2.75) is 16.9 Å². The Hall–Kier alpha value is 0.700. The molecule has 0 aromatic heterocycles. The normalized spacial score (nSPS) is 46.3. The van der Waals surface area contributed by atoms with Crippen molar-refractivity contribution in [3.8, 4) is 0 Å². The molecule has 0 N–H and O–H groups in total. The van der Waals surface area contributed by atoms with Crippen LogP contribution in [0.15, 0.2) is 0 Å². The molecule has 2 fully saturated rings. The van der Waals surface area contributed by atoms with Gasteiger partial charge in [0, 0.05) is 22.0 Å². The van der Waals surface area contributed by atoms with E-state index in [1.807, 2.05) is 0 Å². The average Bonchev–Trinajstić information content (AvgIpc) is 2.33. The molecular weight excluding hydrogens is 124 g/mol. The predicted octanol–water partition coefficient (Wildman–Crippen LogP) is 1.61. The first-order valence-electron chi connectivity index (χ1n) is 2.68. The van der Waals surface area contributed by atoms with E-state index >= 15 is 0 Å². The minimum Gasteiger partial charge on any atom is -0.157 e. The second-order valence-electron chi connectivity index (χ2n) is 2.15. The van der Waals surface area contributed by atoms with E-state index in [1.54, 1.807) is 0 Å². The van der Waals surface area contributed by atoms with Crippen molar-refractivity contribution in [3.05, 3.63) is 0 Å². The van der Waals surface area contributed by atoms with Crippen molar-refractivity contribution in [3.63, 3.8) is 0 Å². The maximum Gasteiger partial charge on any atom is 0.0149 e. The molecule has 0 saturated carbocycles. The fourth-order valence-corrected chi connectivity index (χ4v) is 2.10. The third-order valence-corrected chi connectivity index (χ3v) is 3.32. The molecule has 2 aliphatic heterocycles. The smallest absolute Gasteiger partial charge is 0.0149 e. The van der Waals surface area contributed by atoms with Crippen LogP contribution < -0.4 is 0 Å². The zero-order valence-corrected chi connectivity index (χ0v) is 5.73. The zero-order chi connectivity index (χ0) is 4.69. The molecule has 2 rings (SSSR count). The molecule has 0 radical (unpaired) electrons. The molecule has 0 aliphatic carbocycles. The summed E-state index contributed by atoms with van der Waals surface area (Å²) in [6.45, 7) is 0. The number of hydrogen-bond acceptors (Lipinski definition) is 2. The Kier molecular flexibility index (Phi) is 1.04. The summed E-state index contributed by atoms with van der Waals surface area (Å²) in [4.78, 5) is 0. The topological polar surface area (TPSA) is 0 Å². The van der Waals surface area contributed by atoms with E-state index in [0.29, 0.717) is 0 Å². The fraction of sp³-hybridized carbons (Fsp3) is 1.00. The SMILES string of the molecule is C1SC1CC1CS1. The molecule has 0 bridgehead atoms. The van der Waals surface area contributed by atoms with Gasteiger partial charge in [-0.05, 0) is 6.42 Å². The standard InChI is InChI=1S/C5H8S2/c1(4-2-6-4)5-3-7-5/h4-5H,1-3H2. The number of rotatable bonds is 2. The third kappa shape index (κ3) is 1.29. The van der Waals surface area contributed by atoms with Gasteiger partial charge in [-0.3, -0.25) is 0 Å². The van der Waals surface area contributed by atoms with E-state index in [-0.39, 0.29) is 0 Å². The Morgan fingerprint density at radius 3 is 1.86 bits per heavy atom. The molecule has 0 aromatic rings. The van der Waals surface area contributed by atoms with Gasteiger partial charge in [-0.15, -0.1) is 0 Å². The molecule has 2 atom stereocenters. The minimum atomic E-state index is 1.08. The van der Waals surface area contributed by atoms with Crippen molar-refractivity contribution in [2.75, 3.05) is 11.5 Å². The Morgan fingerprint density at radius 2 is 1.57 bits per heavy atom. The summed E-state index contributed by atoms with van der Waals surface area (Å²) in [5, 5.41) is 2.17. The highest BCUT2D eigenvalue weighted by Crippen LogP contribution is 2.43. The summed E-state index contributed by atoms with van der Waals surface area (Å²) in [6, 6.07) is 0. The van der Waals surface area contributed by atoms with Crippen LogP contribution in [-0.2, 0) is 0 Å². The van der Waals surface area contributed by atoms with E-state index in [2.05, 4.69) is 23.5 Å². The lowest BCUT2D eigenvalue weighted by Gasteiger charge is -1.83. The first-order valence-corrected chi connectivity index (χ1v) is 4.78. The second kappa shape index (κ2) is 1.59. The van der Waals surface area contributed by atoms with E-state index in [0.717, 1.165) is 10.5 Å². The highest BCUT2D eigenvalue weighted by atomic mass is 32.2. The molecule has 2 heterocycles. The maximum atomic E-state index is 2.12. The van der Waals surface area contributed by atoms with Gasteiger partial charge in [-0.25, -0.2) is 0 Å². The molecule has 2 aliphatic rings. The maximum absolute atomic E-state index is 2.12. The quantitative estimate of drug-likeness (QED) is 0.523. The first kappa shape index (κ1) is 4.57. The molecular formula is C5H8S2. The van der Waals surface area contributed by atoms with Gasteiger partial charge in [0.2, 0.25) is 0 Å². The van der Waals surface area contributed by atoms with E-state index < -0.39 is 0 Å². The molecule has 2 heteroatoms. The monoisotopic (exact) mass is 132 g/mol. The van der Waals surface area contributed by atoms with Crippen LogP contribution in [0.3, 0.4) is 0 Å². The Bertz CT molecular complexity index is 64.1. The second-order valence-corrected chi connectivity index (χ2v) is 4.81. The van der Waals surface area contributed by atoms with Gasteiger partial charge < -0.3 is 0 Å². The molecule has 0 aromatic carbocycles. The predicted molar refractivity (Wildman–Crippen MR) is 37.1 cm³/mol. The van der Waals surface area contributed by atoms with Gasteiger partial charge in [-0.2, -0.15) is 23.5 Å². The van der Waals surface area contributed by atoms with Crippen LogP contribution in [0, 0.1) is 0 Å². The summed E-state index contributed by atoms with van der Waals surface area (Å²) >= 11 is 4.25. The number of thioether (sulfide) groups is 2. The van der Waals surface area contributed by atoms with Crippen molar-refractivity contribution in [2.24, 2.45) is 0 Å². The summed E-state index contributed by atoms with van der Waals surface area (Å²) in [7, 11) is 0. The van der Waals surface area contributed by atoms with Crippen LogP contribution in [0.1, 0.15) is 6.42 Å². The molecule has 0 amide bonds. The average molecular weight is 132 g/mol. The summed E-state index contributed by atoms with van der Waals surface area (Å²) in [6.07, 6.45) is 1.51. The lowest BCUT2D eigenvalue weighted by atomic mass is 10.3. The third-order valence-electron chi connectivity index (χ3n) is 1.33. The van der Waals surface area contributed by atoms with Crippen LogP contribution in [0.25, 0.3) is 0 Å². The Morgan fingerprint density at radius 1 is 1.14 bits per heavy atom. The largest absolute Gasteiger partial charge is 0.157 e. The first-order chi connectivity index (χ1) is 3.45. The van der Waals surface area contributed by atoms with E-state index in [9.17, 15) is 0 Å². The van der Waals surface area contributed by atoms with Crippen LogP contribution in [-0.4, -0.2) is 22.0 Å². The highest BCUT2D eigenvalue weighted by Gasteiger charge is 2.32. The molecule has 40 valence electrons. The molecule has 0 spiro atoms. The van der Waals surface area contributed by atoms with Crippen molar-refractivity contribution >= 4 is 23.5 Å². The summed E-state index contributed by atoms with van der Waals surface area (Å²) in [5.74, 6) is 2.91. The van der Waals surface area contributed by atoms with Gasteiger partial charge in [0.1, 0.15) is 0 Å². The van der Waals surface area contributed by atoms with Crippen molar-refractivity contribution in [1.82, 2.24) is 0 Å². The van der Waals surface area contributed by atoms with Crippen LogP contribution in [0.2, 0.25) is 0 Å². The summed E-state index contributed by atoms with van der Waals surface area (Å²) in [5.41, 5.74) is 0. The van der Waals surface area contributed by atoms with E-state index in [4.69, 9.17) is 0 Å². The number of hydrogen-bond donors (Lipinski definition) is 0. The Labute approximate surface area is 52.4 Å². The van der Waals surface area contributed by atoms with Gasteiger partial charge >= 0.3 is 0 Å². The van der Waals surface area contributed by atoms with Gasteiger partial charge in [0.05, 0.1) is 0 Å². The lowest BCUT2D eigenvalue weighted by molar-refractivity contribution is 0.905. The van der Waals surface area contributed by atoms with Gasteiger partial charge in [-0.1, -0.05) is 0 Å². The molecule has 2 saturated heterocycles. The van der Waals surface area contributed by atoms with E-state index in [1.165, 1.54) is 17.9 Å². The lowest BCUT2D eigenvalue weighted by Crippen LogP contribution is -1.88. The van der Waals surface area contributed by atoms with Crippen molar-refractivity contribution < 1.29 is 0 Å². The van der Waals surface area contributed by atoms with Crippen LogP contribution in [0.5, 0.6) is 0 Å². The van der Waals surface area contributed by atoms with Gasteiger partial charge in [0.25, 0.3) is 0 Å². The molecule has 2 unspecified atom stereocenters. The zero-order valence-electron chi connectivity index (χ0n) is 4.09. The molecule has 0 nitrogen and oxygen atoms in total. The van der Waals surface area contributed by atoms with Crippen LogP contribution in [0.4, 0.5) is 0 Å². The minimum absolute atomic E-state index is 1.08. The molecule has 7 heavy (non-hydrogen) atoms.